The monoisotopic (exact) mass is 245 g/mol. The highest BCUT2D eigenvalue weighted by molar-refractivity contribution is 5.44. The molecule has 98 valence electrons. The molecule has 18 heavy (non-hydrogen) atoms. The van der Waals surface area contributed by atoms with Gasteiger partial charge in [-0.05, 0) is 48.9 Å². The molecule has 1 fully saturated rings. The smallest absolute Gasteiger partial charge is 0.119 e. The van der Waals surface area contributed by atoms with Crippen LogP contribution >= 0.6 is 0 Å². The van der Waals surface area contributed by atoms with Crippen molar-refractivity contribution in [3.63, 3.8) is 0 Å². The Bertz CT molecular complexity index is 443. The summed E-state index contributed by atoms with van der Waals surface area (Å²) in [6.07, 6.45) is 3.48. The highest BCUT2D eigenvalue weighted by atomic mass is 16.3. The third-order valence-electron chi connectivity index (χ3n) is 4.77. The average molecular weight is 245 g/mol. The summed E-state index contributed by atoms with van der Waals surface area (Å²) in [5.41, 5.74) is 2.63. The molecule has 1 aromatic rings. The number of phenols is 1. The van der Waals surface area contributed by atoms with Crippen molar-refractivity contribution in [2.24, 2.45) is 5.92 Å². The van der Waals surface area contributed by atoms with Crippen molar-refractivity contribution >= 4 is 0 Å². The van der Waals surface area contributed by atoms with Gasteiger partial charge in [0.1, 0.15) is 5.75 Å². The number of fused-ring (bicyclic) bond motifs is 3. The second-order valence-corrected chi connectivity index (χ2v) is 5.95. The predicted molar refractivity (Wildman–Crippen MR) is 74.0 cm³/mol. The molecule has 1 aliphatic heterocycles. The standard InChI is InChI=1S/C16H23NO/c1-3-9-17-10-11(2)16-13-5-4-6-15(18)12(13)7-8-14(16)17/h4-6,11,14,16,18H,3,7-10H2,1-2H3. The van der Waals surface area contributed by atoms with Crippen molar-refractivity contribution in [2.75, 3.05) is 13.1 Å². The zero-order valence-corrected chi connectivity index (χ0v) is 11.4. The molecular weight excluding hydrogens is 222 g/mol. The van der Waals surface area contributed by atoms with Gasteiger partial charge >= 0.3 is 0 Å². The molecule has 3 rings (SSSR count). The zero-order chi connectivity index (χ0) is 12.7. The van der Waals surface area contributed by atoms with Crippen LogP contribution in [0.25, 0.3) is 0 Å². The van der Waals surface area contributed by atoms with Crippen molar-refractivity contribution < 1.29 is 5.11 Å². The van der Waals surface area contributed by atoms with Crippen molar-refractivity contribution in [1.82, 2.24) is 4.90 Å². The van der Waals surface area contributed by atoms with Crippen molar-refractivity contribution in [1.29, 1.82) is 0 Å². The first-order valence-corrected chi connectivity index (χ1v) is 7.27. The summed E-state index contributed by atoms with van der Waals surface area (Å²) < 4.78 is 0. The van der Waals surface area contributed by atoms with E-state index in [1.165, 1.54) is 37.1 Å². The van der Waals surface area contributed by atoms with Gasteiger partial charge < -0.3 is 5.11 Å². The summed E-state index contributed by atoms with van der Waals surface area (Å²) >= 11 is 0. The SMILES string of the molecule is CCCN1CC(C)C2c3cccc(O)c3CCC21. The van der Waals surface area contributed by atoms with Crippen LogP contribution in [0.2, 0.25) is 0 Å². The van der Waals surface area contributed by atoms with E-state index in [0.29, 0.717) is 23.6 Å². The van der Waals surface area contributed by atoms with Crippen LogP contribution in [0.5, 0.6) is 5.75 Å². The first-order chi connectivity index (χ1) is 8.72. The number of rotatable bonds is 2. The Labute approximate surface area is 110 Å². The van der Waals surface area contributed by atoms with Crippen LogP contribution in [0, 0.1) is 5.92 Å². The highest BCUT2D eigenvalue weighted by Gasteiger charge is 2.42. The van der Waals surface area contributed by atoms with Crippen LogP contribution < -0.4 is 0 Å². The lowest BCUT2D eigenvalue weighted by Gasteiger charge is -2.34. The van der Waals surface area contributed by atoms with Crippen LogP contribution in [-0.2, 0) is 6.42 Å². The van der Waals surface area contributed by atoms with E-state index in [1.54, 1.807) is 0 Å². The molecule has 0 aromatic heterocycles. The van der Waals surface area contributed by atoms with Gasteiger partial charge in [-0.3, -0.25) is 4.90 Å². The van der Waals surface area contributed by atoms with Gasteiger partial charge in [-0.25, -0.2) is 0 Å². The lowest BCUT2D eigenvalue weighted by atomic mass is 9.75. The number of nitrogens with zero attached hydrogens (tertiary/aromatic N) is 1. The molecule has 0 bridgehead atoms. The fraction of sp³-hybridized carbons (Fsp3) is 0.625. The molecule has 0 spiro atoms. The summed E-state index contributed by atoms with van der Waals surface area (Å²) in [6.45, 7) is 7.07. The van der Waals surface area contributed by atoms with Crippen LogP contribution in [0.4, 0.5) is 0 Å². The number of likely N-dealkylation sites (tertiary alicyclic amines) is 1. The van der Waals surface area contributed by atoms with Crippen molar-refractivity contribution in [2.45, 2.75) is 45.1 Å². The van der Waals surface area contributed by atoms with Gasteiger partial charge in [0, 0.05) is 18.5 Å². The second-order valence-electron chi connectivity index (χ2n) is 5.95. The maximum Gasteiger partial charge on any atom is 0.119 e. The maximum atomic E-state index is 10.0. The van der Waals surface area contributed by atoms with Gasteiger partial charge in [0.25, 0.3) is 0 Å². The van der Waals surface area contributed by atoms with Crippen molar-refractivity contribution in [3.05, 3.63) is 29.3 Å². The molecule has 1 N–H and O–H groups in total. The Hall–Kier alpha value is -1.02. The van der Waals surface area contributed by atoms with E-state index >= 15 is 0 Å². The van der Waals surface area contributed by atoms with E-state index in [2.05, 4.69) is 24.8 Å². The van der Waals surface area contributed by atoms with Gasteiger partial charge in [-0.15, -0.1) is 0 Å². The van der Waals surface area contributed by atoms with E-state index in [4.69, 9.17) is 0 Å². The topological polar surface area (TPSA) is 23.5 Å². The largest absolute Gasteiger partial charge is 0.508 e. The molecular formula is C16H23NO. The Morgan fingerprint density at radius 3 is 3.00 bits per heavy atom. The summed E-state index contributed by atoms with van der Waals surface area (Å²) in [5, 5.41) is 10.0. The van der Waals surface area contributed by atoms with Crippen molar-refractivity contribution in [3.8, 4) is 5.75 Å². The quantitative estimate of drug-likeness (QED) is 0.865. The van der Waals surface area contributed by atoms with E-state index in [9.17, 15) is 5.11 Å². The number of hydrogen-bond acceptors (Lipinski definition) is 2. The number of benzene rings is 1. The molecule has 0 saturated carbocycles. The first kappa shape index (κ1) is 12.0. The van der Waals surface area contributed by atoms with E-state index in [-0.39, 0.29) is 0 Å². The molecule has 3 atom stereocenters. The van der Waals surface area contributed by atoms with Gasteiger partial charge in [0.05, 0.1) is 0 Å². The summed E-state index contributed by atoms with van der Waals surface area (Å²) in [6, 6.07) is 6.78. The Balaban J connectivity index is 1.97. The van der Waals surface area contributed by atoms with E-state index in [0.717, 1.165) is 6.42 Å². The minimum absolute atomic E-state index is 0.507. The molecule has 1 aromatic carbocycles. The highest BCUT2D eigenvalue weighted by Crippen LogP contribution is 2.46. The van der Waals surface area contributed by atoms with Gasteiger partial charge in [-0.2, -0.15) is 0 Å². The fourth-order valence-electron chi connectivity index (χ4n) is 4.11. The summed E-state index contributed by atoms with van der Waals surface area (Å²) in [5.74, 6) is 1.85. The maximum absolute atomic E-state index is 10.0. The normalized spacial score (nSPS) is 31.1. The Morgan fingerprint density at radius 2 is 2.22 bits per heavy atom. The Morgan fingerprint density at radius 1 is 1.39 bits per heavy atom. The van der Waals surface area contributed by atoms with E-state index in [1.807, 2.05) is 12.1 Å². The van der Waals surface area contributed by atoms with Crippen LogP contribution in [0.1, 0.15) is 43.7 Å². The third kappa shape index (κ3) is 1.74. The minimum atomic E-state index is 0.507. The molecule has 3 unspecified atom stereocenters. The van der Waals surface area contributed by atoms with Crippen LogP contribution in [0.3, 0.4) is 0 Å². The zero-order valence-electron chi connectivity index (χ0n) is 11.4. The van der Waals surface area contributed by atoms with Gasteiger partial charge in [0.2, 0.25) is 0 Å². The molecule has 2 aliphatic rings. The van der Waals surface area contributed by atoms with E-state index < -0.39 is 0 Å². The number of aromatic hydroxyl groups is 1. The number of phenolic OH excluding ortho intramolecular Hbond substituents is 1. The third-order valence-corrected chi connectivity index (χ3v) is 4.77. The molecule has 1 heterocycles. The first-order valence-electron chi connectivity index (χ1n) is 7.27. The number of hydrogen-bond donors (Lipinski definition) is 1. The molecule has 1 saturated heterocycles. The Kier molecular flexibility index (Phi) is 3.06. The predicted octanol–water partition coefficient (Wildman–Crippen LogP) is 3.15. The summed E-state index contributed by atoms with van der Waals surface area (Å²) in [7, 11) is 0. The van der Waals surface area contributed by atoms with Gasteiger partial charge in [0.15, 0.2) is 0 Å². The molecule has 2 nitrogen and oxygen atoms in total. The molecule has 0 radical (unpaired) electrons. The lowest BCUT2D eigenvalue weighted by Crippen LogP contribution is -2.35. The summed E-state index contributed by atoms with van der Waals surface area (Å²) in [4.78, 5) is 2.67. The van der Waals surface area contributed by atoms with Crippen LogP contribution in [-0.4, -0.2) is 29.1 Å². The molecule has 1 aliphatic carbocycles. The lowest BCUT2D eigenvalue weighted by molar-refractivity contribution is 0.226. The fourth-order valence-corrected chi connectivity index (χ4v) is 4.11. The molecule has 0 amide bonds. The average Bonchev–Trinajstić information content (AvgIpc) is 2.68. The van der Waals surface area contributed by atoms with Gasteiger partial charge in [-0.1, -0.05) is 26.0 Å². The molecule has 2 heteroatoms. The minimum Gasteiger partial charge on any atom is -0.508 e. The second kappa shape index (κ2) is 4.58. The van der Waals surface area contributed by atoms with Crippen LogP contribution in [0.15, 0.2) is 18.2 Å².